The molecule has 0 aromatic carbocycles. The number of imide groups is 1. The maximum absolute atomic E-state index is 11.6. The van der Waals surface area contributed by atoms with E-state index in [0.29, 0.717) is 4.90 Å². The van der Waals surface area contributed by atoms with Gasteiger partial charge in [0.2, 0.25) is 0 Å². The van der Waals surface area contributed by atoms with Crippen LogP contribution >= 0.6 is 11.6 Å². The summed E-state index contributed by atoms with van der Waals surface area (Å²) in [7, 11) is 1.39. The smallest absolute Gasteiger partial charge is 0.419 e. The number of rotatable bonds is 3. The van der Waals surface area contributed by atoms with Crippen LogP contribution in [0.1, 0.15) is 20.8 Å². The van der Waals surface area contributed by atoms with Crippen molar-refractivity contribution in [2.75, 3.05) is 20.1 Å². The molecule has 0 rings (SSSR count). The molecule has 0 aliphatic rings. The van der Waals surface area contributed by atoms with E-state index < -0.39 is 23.2 Å². The Morgan fingerprint density at radius 2 is 1.72 bits per heavy atom. The van der Waals surface area contributed by atoms with Crippen LogP contribution < -0.4 is 0 Å². The third-order valence-electron chi connectivity index (χ3n) is 1.80. The quantitative estimate of drug-likeness (QED) is 0.632. The number of likely N-dealkylation sites (N-methyl/N-ethyl adjacent to an activating group) is 1. The van der Waals surface area contributed by atoms with Crippen molar-refractivity contribution in [3.05, 3.63) is 0 Å². The predicted molar refractivity (Wildman–Crippen MR) is 64.8 cm³/mol. The topological polar surface area (TPSA) is 87.2 Å². The van der Waals surface area contributed by atoms with E-state index >= 15 is 0 Å². The fourth-order valence-electron chi connectivity index (χ4n) is 0.920. The second-order valence-electron chi connectivity index (χ2n) is 4.59. The summed E-state index contributed by atoms with van der Waals surface area (Å²) in [4.78, 5) is 34.8. The van der Waals surface area contributed by atoms with E-state index in [4.69, 9.17) is 21.4 Å². The average Bonchev–Trinajstić information content (AvgIpc) is 2.13. The lowest BCUT2D eigenvalue weighted by Crippen LogP contribution is -2.43. The van der Waals surface area contributed by atoms with Crippen molar-refractivity contribution in [1.29, 1.82) is 0 Å². The maximum Gasteiger partial charge on any atom is 0.419 e. The molecule has 0 heterocycles. The van der Waals surface area contributed by atoms with Crippen molar-refractivity contribution in [2.24, 2.45) is 0 Å². The molecular formula is C10H17ClN2O5. The molecule has 0 aromatic rings. The van der Waals surface area contributed by atoms with Gasteiger partial charge >= 0.3 is 17.6 Å². The molecule has 0 aromatic heterocycles. The first-order chi connectivity index (χ1) is 8.04. The lowest BCUT2D eigenvalue weighted by molar-refractivity contribution is 0.0262. The number of carbonyl (C=O) groups excluding carboxylic acids is 2. The number of ether oxygens (including phenoxy) is 1. The second kappa shape index (κ2) is 6.44. The van der Waals surface area contributed by atoms with Crippen molar-refractivity contribution in [2.45, 2.75) is 26.4 Å². The molecule has 0 atom stereocenters. The zero-order valence-electron chi connectivity index (χ0n) is 10.8. The van der Waals surface area contributed by atoms with E-state index in [9.17, 15) is 14.4 Å². The third kappa shape index (κ3) is 6.29. The first kappa shape index (κ1) is 16.5. The van der Waals surface area contributed by atoms with Gasteiger partial charge in [0.05, 0.1) is 6.54 Å². The fourth-order valence-corrected chi connectivity index (χ4v) is 1.00. The molecule has 0 fully saturated rings. The normalized spacial score (nSPS) is 10.7. The van der Waals surface area contributed by atoms with Crippen LogP contribution in [0.3, 0.4) is 0 Å². The molecule has 7 nitrogen and oxygen atoms in total. The molecule has 8 heteroatoms. The molecule has 1 N–H and O–H groups in total. The first-order valence-corrected chi connectivity index (χ1v) is 5.56. The van der Waals surface area contributed by atoms with Gasteiger partial charge in [0.25, 0.3) is 0 Å². The minimum absolute atomic E-state index is 0.00608. The van der Waals surface area contributed by atoms with Gasteiger partial charge in [0, 0.05) is 13.6 Å². The van der Waals surface area contributed by atoms with Gasteiger partial charge in [-0.05, 0) is 32.4 Å². The summed E-state index contributed by atoms with van der Waals surface area (Å²) in [6.45, 7) is 4.66. The van der Waals surface area contributed by atoms with E-state index in [2.05, 4.69) is 0 Å². The Balaban J connectivity index is 4.54. The molecule has 0 spiro atoms. The second-order valence-corrected chi connectivity index (χ2v) is 4.91. The van der Waals surface area contributed by atoms with Crippen molar-refractivity contribution in [3.8, 4) is 0 Å². The minimum atomic E-state index is -1.44. The van der Waals surface area contributed by atoms with Crippen LogP contribution in [-0.2, 0) is 4.74 Å². The third-order valence-corrected chi connectivity index (χ3v) is 2.09. The lowest BCUT2D eigenvalue weighted by atomic mass is 10.2. The van der Waals surface area contributed by atoms with Crippen LogP contribution in [0.2, 0.25) is 0 Å². The van der Waals surface area contributed by atoms with Crippen LogP contribution in [0.4, 0.5) is 14.4 Å². The van der Waals surface area contributed by atoms with Gasteiger partial charge in [-0.15, -0.1) is 0 Å². The van der Waals surface area contributed by atoms with Crippen molar-refractivity contribution >= 4 is 29.2 Å². The average molecular weight is 281 g/mol. The maximum atomic E-state index is 11.6. The largest absolute Gasteiger partial charge is 0.465 e. The standard InChI is InChI=1S/C10H17ClN2O5/c1-10(2,3)18-9(17)13(8(15)16)6-5-12(4)7(11)14/h5-6H2,1-4H3,(H,15,16). The van der Waals surface area contributed by atoms with Crippen LogP contribution in [0.15, 0.2) is 0 Å². The highest BCUT2D eigenvalue weighted by Gasteiger charge is 2.27. The van der Waals surface area contributed by atoms with Crippen LogP contribution in [0.5, 0.6) is 0 Å². The van der Waals surface area contributed by atoms with Gasteiger partial charge < -0.3 is 14.7 Å². The summed E-state index contributed by atoms with van der Waals surface area (Å²) in [6.07, 6.45) is -2.43. The number of hydrogen-bond donors (Lipinski definition) is 1. The van der Waals surface area contributed by atoms with Gasteiger partial charge in [0.15, 0.2) is 0 Å². The minimum Gasteiger partial charge on any atom is -0.465 e. The number of carboxylic acid groups (broad SMARTS) is 1. The van der Waals surface area contributed by atoms with E-state index in [1.165, 1.54) is 7.05 Å². The number of amides is 3. The highest BCUT2D eigenvalue weighted by Crippen LogP contribution is 2.10. The highest BCUT2D eigenvalue weighted by atomic mass is 35.5. The Kier molecular flexibility index (Phi) is 5.90. The zero-order valence-corrected chi connectivity index (χ0v) is 11.5. The Hall–Kier alpha value is -1.50. The van der Waals surface area contributed by atoms with E-state index in [0.717, 1.165) is 4.90 Å². The molecule has 0 unspecified atom stereocenters. The molecule has 0 bridgehead atoms. The van der Waals surface area contributed by atoms with Crippen LogP contribution in [-0.4, -0.2) is 58.2 Å². The molecule has 0 saturated heterocycles. The van der Waals surface area contributed by atoms with Gasteiger partial charge in [-0.25, -0.2) is 14.5 Å². The van der Waals surface area contributed by atoms with Crippen molar-refractivity contribution < 1.29 is 24.2 Å². The Morgan fingerprint density at radius 1 is 1.22 bits per heavy atom. The zero-order chi connectivity index (χ0) is 14.5. The van der Waals surface area contributed by atoms with Crippen LogP contribution in [0.25, 0.3) is 0 Å². The van der Waals surface area contributed by atoms with Gasteiger partial charge in [-0.3, -0.25) is 4.79 Å². The monoisotopic (exact) mass is 280 g/mol. The molecule has 0 aliphatic carbocycles. The Morgan fingerprint density at radius 3 is 2.06 bits per heavy atom. The molecular weight excluding hydrogens is 264 g/mol. The summed E-state index contributed by atoms with van der Waals surface area (Å²) >= 11 is 5.18. The molecule has 0 radical (unpaired) electrons. The fraction of sp³-hybridized carbons (Fsp3) is 0.700. The lowest BCUT2D eigenvalue weighted by Gasteiger charge is -2.25. The summed E-state index contributed by atoms with van der Waals surface area (Å²) in [6, 6.07) is 0. The van der Waals surface area contributed by atoms with Gasteiger partial charge in [0.1, 0.15) is 5.60 Å². The Labute approximate surface area is 110 Å². The molecule has 18 heavy (non-hydrogen) atoms. The van der Waals surface area contributed by atoms with Crippen LogP contribution in [0, 0.1) is 0 Å². The first-order valence-electron chi connectivity index (χ1n) is 5.18. The van der Waals surface area contributed by atoms with Gasteiger partial charge in [-0.1, -0.05) is 0 Å². The number of nitrogens with zero attached hydrogens (tertiary/aromatic N) is 2. The predicted octanol–water partition coefficient (Wildman–Crippen LogP) is 2.19. The van der Waals surface area contributed by atoms with Gasteiger partial charge in [-0.2, -0.15) is 0 Å². The van der Waals surface area contributed by atoms with E-state index in [-0.39, 0.29) is 13.1 Å². The van der Waals surface area contributed by atoms with E-state index in [1.54, 1.807) is 20.8 Å². The van der Waals surface area contributed by atoms with Crippen molar-refractivity contribution in [1.82, 2.24) is 9.80 Å². The van der Waals surface area contributed by atoms with E-state index in [1.807, 2.05) is 0 Å². The number of carbonyl (C=O) groups is 3. The molecule has 3 amide bonds. The summed E-state index contributed by atoms with van der Waals surface area (Å²) in [5.74, 6) is 0. The summed E-state index contributed by atoms with van der Waals surface area (Å²) in [5, 5.41) is 8.15. The molecule has 0 aliphatic heterocycles. The number of hydrogen-bond acceptors (Lipinski definition) is 4. The molecule has 0 saturated carbocycles. The summed E-state index contributed by atoms with van der Waals surface area (Å²) < 4.78 is 4.92. The van der Waals surface area contributed by atoms with Crippen molar-refractivity contribution in [3.63, 3.8) is 0 Å². The molecule has 104 valence electrons. The number of halogens is 1. The Bertz CT molecular complexity index is 340. The SMILES string of the molecule is CN(CCN(C(=O)O)C(=O)OC(C)(C)C)C(=O)Cl. The highest BCUT2D eigenvalue weighted by molar-refractivity contribution is 6.62. The summed E-state index contributed by atoms with van der Waals surface area (Å²) in [5.41, 5.74) is -0.793.